The van der Waals surface area contributed by atoms with Gasteiger partial charge in [-0.05, 0) is 50.8 Å². The first-order valence-electron chi connectivity index (χ1n) is 10.2. The molecule has 2 N–H and O–H groups in total. The van der Waals surface area contributed by atoms with E-state index in [0.717, 1.165) is 45.8 Å². The highest BCUT2D eigenvalue weighted by molar-refractivity contribution is 6.06. The molecule has 166 valence electrons. The maximum atomic E-state index is 12.3. The van der Waals surface area contributed by atoms with Crippen LogP contribution in [-0.4, -0.2) is 61.5 Å². The molecule has 0 atom stereocenters. The van der Waals surface area contributed by atoms with E-state index in [-0.39, 0.29) is 5.91 Å². The van der Waals surface area contributed by atoms with Crippen LogP contribution in [0.3, 0.4) is 0 Å². The molecule has 3 aromatic heterocycles. The van der Waals surface area contributed by atoms with E-state index in [4.69, 9.17) is 0 Å². The van der Waals surface area contributed by atoms with Crippen molar-refractivity contribution in [3.63, 3.8) is 0 Å². The molecule has 0 bridgehead atoms. The van der Waals surface area contributed by atoms with E-state index >= 15 is 0 Å². The Morgan fingerprint density at radius 1 is 1.09 bits per heavy atom. The van der Waals surface area contributed by atoms with Gasteiger partial charge in [0.1, 0.15) is 5.69 Å². The second-order valence-electron chi connectivity index (χ2n) is 8.01. The Bertz CT molecular complexity index is 1300. The van der Waals surface area contributed by atoms with Crippen molar-refractivity contribution in [2.24, 2.45) is 14.1 Å². The molecule has 0 saturated heterocycles. The van der Waals surface area contributed by atoms with Crippen LogP contribution in [0, 0.1) is 6.92 Å². The summed E-state index contributed by atoms with van der Waals surface area (Å²) in [5.74, 6) is 0.223. The van der Waals surface area contributed by atoms with E-state index in [1.54, 1.807) is 17.9 Å². The van der Waals surface area contributed by atoms with Crippen LogP contribution >= 0.6 is 0 Å². The van der Waals surface area contributed by atoms with E-state index < -0.39 is 0 Å². The molecule has 0 aliphatic carbocycles. The van der Waals surface area contributed by atoms with Gasteiger partial charge < -0.3 is 15.5 Å². The fourth-order valence-electron chi connectivity index (χ4n) is 3.80. The average Bonchev–Trinajstić information content (AvgIpc) is 3.27. The number of anilines is 2. The fraction of sp³-hybridized carbons (Fsp3) is 0.318. The highest BCUT2D eigenvalue weighted by Gasteiger charge is 2.18. The van der Waals surface area contributed by atoms with Gasteiger partial charge in [-0.15, -0.1) is 0 Å². The Labute approximate surface area is 186 Å². The largest absolute Gasteiger partial charge is 0.354 e. The second kappa shape index (κ2) is 8.39. The van der Waals surface area contributed by atoms with Crippen LogP contribution in [0.1, 0.15) is 21.7 Å². The van der Waals surface area contributed by atoms with Gasteiger partial charge in [0, 0.05) is 45.0 Å². The molecule has 0 aliphatic heterocycles. The molecule has 10 heteroatoms. The zero-order valence-corrected chi connectivity index (χ0v) is 19.1. The summed E-state index contributed by atoms with van der Waals surface area (Å²) in [7, 11) is 9.40. The van der Waals surface area contributed by atoms with Crippen LogP contribution in [0.4, 0.5) is 11.6 Å². The molecule has 4 aromatic rings. The molecule has 0 spiro atoms. The number of nitrogens with one attached hydrogen (secondary N) is 2. The van der Waals surface area contributed by atoms with E-state index in [1.807, 2.05) is 64.1 Å². The molecule has 1 aromatic carbocycles. The summed E-state index contributed by atoms with van der Waals surface area (Å²) in [4.78, 5) is 23.4. The monoisotopic (exact) mass is 433 g/mol. The molecule has 0 radical (unpaired) electrons. The maximum absolute atomic E-state index is 12.3. The van der Waals surface area contributed by atoms with Crippen LogP contribution in [-0.2, 0) is 20.6 Å². The number of nitrogens with zero attached hydrogens (tertiary/aromatic N) is 7. The summed E-state index contributed by atoms with van der Waals surface area (Å²) in [6.45, 7) is 2.78. The van der Waals surface area contributed by atoms with Gasteiger partial charge in [-0.1, -0.05) is 0 Å². The minimum atomic E-state index is -0.228. The third-order valence-corrected chi connectivity index (χ3v) is 5.20. The quantitative estimate of drug-likeness (QED) is 0.480. The molecule has 0 saturated carbocycles. The number of rotatable bonds is 6. The Kier molecular flexibility index (Phi) is 5.62. The van der Waals surface area contributed by atoms with Gasteiger partial charge in [0.2, 0.25) is 5.95 Å². The van der Waals surface area contributed by atoms with Gasteiger partial charge in [-0.3, -0.25) is 14.2 Å². The van der Waals surface area contributed by atoms with Crippen LogP contribution in [0.5, 0.6) is 0 Å². The van der Waals surface area contributed by atoms with E-state index in [9.17, 15) is 4.79 Å². The zero-order valence-electron chi connectivity index (χ0n) is 19.1. The first-order chi connectivity index (χ1) is 15.3. The van der Waals surface area contributed by atoms with Crippen molar-refractivity contribution >= 4 is 28.4 Å². The highest BCUT2D eigenvalue weighted by atomic mass is 16.1. The lowest BCUT2D eigenvalue weighted by Gasteiger charge is -2.08. The number of aryl methyl sites for hydroxylation is 3. The molecule has 32 heavy (non-hydrogen) atoms. The lowest BCUT2D eigenvalue weighted by molar-refractivity contribution is 0.0959. The van der Waals surface area contributed by atoms with Crippen LogP contribution in [0.25, 0.3) is 22.3 Å². The summed E-state index contributed by atoms with van der Waals surface area (Å²) in [5.41, 5.74) is 5.67. The lowest BCUT2D eigenvalue weighted by Crippen LogP contribution is -2.18. The molecule has 1 amide bonds. The van der Waals surface area contributed by atoms with E-state index in [1.165, 1.54) is 0 Å². The van der Waals surface area contributed by atoms with Crippen LogP contribution < -0.4 is 10.6 Å². The predicted octanol–water partition coefficient (Wildman–Crippen LogP) is 2.24. The minimum Gasteiger partial charge on any atom is -0.354 e. The van der Waals surface area contributed by atoms with Crippen molar-refractivity contribution in [3.8, 4) is 11.4 Å². The Balaban J connectivity index is 1.67. The number of hydrogen-bond donors (Lipinski definition) is 2. The first kappa shape index (κ1) is 21.4. The molecule has 0 aliphatic rings. The normalized spacial score (nSPS) is 11.3. The molecule has 3 heterocycles. The number of carbonyl (C=O) groups is 1. The second-order valence-corrected chi connectivity index (χ2v) is 8.01. The van der Waals surface area contributed by atoms with Gasteiger partial charge in [-0.25, -0.2) is 9.97 Å². The summed E-state index contributed by atoms with van der Waals surface area (Å²) >= 11 is 0. The standard InChI is InChI=1S/C22H27N9O/c1-13-9-14(10-16-19(21(32)23-2)28-31(6)20(13)16)25-22-24-8-7-17(26-22)18-11-15(12-29(3)4)30(5)27-18/h7-11H,12H2,1-6H3,(H,23,32)(H,24,25,26). The van der Waals surface area contributed by atoms with Gasteiger partial charge in [-0.2, -0.15) is 10.2 Å². The van der Waals surface area contributed by atoms with E-state index in [2.05, 4.69) is 35.7 Å². The Morgan fingerprint density at radius 3 is 2.59 bits per heavy atom. The summed E-state index contributed by atoms with van der Waals surface area (Å²) < 4.78 is 3.59. The third kappa shape index (κ3) is 4.04. The Hall–Kier alpha value is -3.79. The van der Waals surface area contributed by atoms with Gasteiger partial charge in [0.05, 0.1) is 16.9 Å². The fourth-order valence-corrected chi connectivity index (χ4v) is 3.80. The van der Waals surface area contributed by atoms with Gasteiger partial charge in [0.15, 0.2) is 5.69 Å². The summed E-state index contributed by atoms with van der Waals surface area (Å²) in [6, 6.07) is 7.76. The average molecular weight is 434 g/mol. The minimum absolute atomic E-state index is 0.228. The number of carbonyl (C=O) groups excluding carboxylic acids is 1. The van der Waals surface area contributed by atoms with Crippen molar-refractivity contribution in [1.82, 2.24) is 39.7 Å². The van der Waals surface area contributed by atoms with Crippen LogP contribution in [0.2, 0.25) is 0 Å². The van der Waals surface area contributed by atoms with E-state index in [0.29, 0.717) is 11.6 Å². The summed E-state index contributed by atoms with van der Waals surface area (Å²) in [6.07, 6.45) is 1.70. The highest BCUT2D eigenvalue weighted by Crippen LogP contribution is 2.28. The van der Waals surface area contributed by atoms with Crippen molar-refractivity contribution in [2.75, 3.05) is 26.5 Å². The van der Waals surface area contributed by atoms with Crippen molar-refractivity contribution in [2.45, 2.75) is 13.5 Å². The third-order valence-electron chi connectivity index (χ3n) is 5.20. The van der Waals surface area contributed by atoms with Crippen molar-refractivity contribution in [1.29, 1.82) is 0 Å². The number of benzene rings is 1. The Morgan fingerprint density at radius 2 is 1.88 bits per heavy atom. The molecular weight excluding hydrogens is 406 g/mol. The number of aromatic nitrogens is 6. The topological polar surface area (TPSA) is 106 Å². The number of hydrogen-bond acceptors (Lipinski definition) is 7. The lowest BCUT2D eigenvalue weighted by atomic mass is 10.1. The summed E-state index contributed by atoms with van der Waals surface area (Å²) in [5, 5.41) is 15.7. The molecule has 4 rings (SSSR count). The van der Waals surface area contributed by atoms with Crippen molar-refractivity contribution in [3.05, 3.63) is 47.4 Å². The molecule has 0 unspecified atom stereocenters. The first-order valence-corrected chi connectivity index (χ1v) is 10.2. The maximum Gasteiger partial charge on any atom is 0.272 e. The SMILES string of the molecule is CNC(=O)c1nn(C)c2c(C)cc(Nc3nccc(-c4cc(CN(C)C)n(C)n4)n3)cc12. The number of amides is 1. The smallest absolute Gasteiger partial charge is 0.272 e. The van der Waals surface area contributed by atoms with Gasteiger partial charge in [0.25, 0.3) is 5.91 Å². The molecular formula is C22H27N9O. The molecule has 10 nitrogen and oxygen atoms in total. The van der Waals surface area contributed by atoms with Crippen molar-refractivity contribution < 1.29 is 4.79 Å². The predicted molar refractivity (Wildman–Crippen MR) is 124 cm³/mol. The zero-order chi connectivity index (χ0) is 23.0. The number of fused-ring (bicyclic) bond motifs is 1. The molecule has 0 fully saturated rings. The van der Waals surface area contributed by atoms with Crippen LogP contribution in [0.15, 0.2) is 30.5 Å². The van der Waals surface area contributed by atoms with Gasteiger partial charge >= 0.3 is 0 Å².